The maximum Gasteiger partial charge on any atom is 0.167 e. The van der Waals surface area contributed by atoms with Gasteiger partial charge in [-0.1, -0.05) is 52.7 Å². The Kier molecular flexibility index (Phi) is 11.1. The number of fused-ring (bicyclic) bond motifs is 2. The summed E-state index contributed by atoms with van der Waals surface area (Å²) in [5.41, 5.74) is 3.25. The van der Waals surface area contributed by atoms with Gasteiger partial charge in [0, 0.05) is 69.4 Å². The third-order valence-corrected chi connectivity index (χ3v) is 13.1. The van der Waals surface area contributed by atoms with Crippen molar-refractivity contribution in [2.75, 3.05) is 0 Å². The third-order valence-electron chi connectivity index (χ3n) is 13.1. The van der Waals surface area contributed by atoms with E-state index in [1.165, 1.54) is 0 Å². The Bertz CT molecular complexity index is 2440. The summed E-state index contributed by atoms with van der Waals surface area (Å²) in [6.07, 6.45) is 13.6. The van der Waals surface area contributed by atoms with E-state index < -0.39 is 0 Å². The summed E-state index contributed by atoms with van der Waals surface area (Å²) in [5.74, 6) is 0.156. The third kappa shape index (κ3) is 7.13. The van der Waals surface area contributed by atoms with Crippen molar-refractivity contribution >= 4 is 34.0 Å². The maximum atomic E-state index is 12.6. The molecule has 2 heterocycles. The molecule has 4 atom stereocenters. The van der Waals surface area contributed by atoms with Crippen molar-refractivity contribution in [1.29, 1.82) is 0 Å². The summed E-state index contributed by atoms with van der Waals surface area (Å²) in [6.45, 7) is 11.4. The molecule has 10 nitrogen and oxygen atoms in total. The fourth-order valence-corrected chi connectivity index (χ4v) is 10.2. The molecule has 2 aliphatic rings. The van der Waals surface area contributed by atoms with Crippen LogP contribution in [0.1, 0.15) is 123 Å². The lowest BCUT2D eigenvalue weighted by Gasteiger charge is -2.24. The molecule has 2 saturated carbocycles. The number of aryl methyl sites for hydroxylation is 2. The van der Waals surface area contributed by atoms with Crippen LogP contribution in [0.5, 0.6) is 34.5 Å². The number of phenolic OH excluding ortho intramolecular Hbond substituents is 6. The summed E-state index contributed by atoms with van der Waals surface area (Å²) in [7, 11) is 0. The van der Waals surface area contributed by atoms with E-state index >= 15 is 0 Å². The number of hydrogen-bond acceptors (Lipinski definition) is 10. The van der Waals surface area contributed by atoms with E-state index in [0.717, 1.165) is 62.9 Å². The van der Waals surface area contributed by atoms with Gasteiger partial charge in [-0.25, -0.2) is 0 Å². The molecule has 0 amide bonds. The fraction of sp³-hybridized carbons (Fsp3) is 0.400. The topological polar surface area (TPSA) is 172 Å². The predicted molar refractivity (Wildman–Crippen MR) is 237 cm³/mol. The van der Waals surface area contributed by atoms with E-state index in [4.69, 9.17) is 18.8 Å². The highest BCUT2D eigenvalue weighted by Gasteiger charge is 2.32. The average Bonchev–Trinajstić information content (AvgIpc) is 4.05. The van der Waals surface area contributed by atoms with Crippen molar-refractivity contribution < 1.29 is 39.5 Å². The van der Waals surface area contributed by atoms with Crippen LogP contribution in [0.3, 0.4) is 0 Å². The molecule has 0 saturated heterocycles. The molecule has 0 bridgehead atoms. The van der Waals surface area contributed by atoms with Gasteiger partial charge in [0.25, 0.3) is 0 Å². The van der Waals surface area contributed by atoms with E-state index in [1.54, 1.807) is 25.0 Å². The summed E-state index contributed by atoms with van der Waals surface area (Å²) in [6, 6.07) is 11.3. The van der Waals surface area contributed by atoms with Crippen molar-refractivity contribution in [3.8, 4) is 45.6 Å². The van der Waals surface area contributed by atoms with Crippen LogP contribution in [0.4, 0.5) is 0 Å². The Morgan fingerprint density at radius 3 is 1.33 bits per heavy atom. The van der Waals surface area contributed by atoms with Gasteiger partial charge in [0.15, 0.2) is 23.0 Å². The Hall–Kier alpha value is -5.90. The zero-order chi connectivity index (χ0) is 42.6. The van der Waals surface area contributed by atoms with Crippen LogP contribution in [-0.4, -0.2) is 55.2 Å². The highest BCUT2D eigenvalue weighted by Crippen LogP contribution is 2.54. The predicted octanol–water partition coefficient (Wildman–Crippen LogP) is 11.6. The molecule has 6 aromatic rings. The molecule has 4 aromatic carbocycles. The quantitative estimate of drug-likeness (QED) is 0.0554. The van der Waals surface area contributed by atoms with E-state index in [1.807, 2.05) is 77.9 Å². The van der Waals surface area contributed by atoms with Gasteiger partial charge in [0.1, 0.15) is 23.0 Å². The van der Waals surface area contributed by atoms with E-state index in [-0.39, 0.29) is 81.4 Å². The molecule has 2 aromatic heterocycles. The molecular formula is C50H56N2O8. The first kappa shape index (κ1) is 40.9. The van der Waals surface area contributed by atoms with Crippen molar-refractivity contribution in [2.24, 2.45) is 21.8 Å². The molecule has 0 spiro atoms. The molecule has 0 aliphatic heterocycles. The Morgan fingerprint density at radius 1 is 0.583 bits per heavy atom. The second-order valence-corrected chi connectivity index (χ2v) is 17.7. The van der Waals surface area contributed by atoms with E-state index in [0.29, 0.717) is 54.9 Å². The minimum absolute atomic E-state index is 0.0562. The summed E-state index contributed by atoms with van der Waals surface area (Å²) in [4.78, 5) is 9.98. The van der Waals surface area contributed by atoms with Gasteiger partial charge in [0.05, 0.1) is 24.6 Å². The number of nitrogens with zero attached hydrogens (tertiary/aromatic N) is 2. The molecule has 2 aliphatic carbocycles. The second-order valence-electron chi connectivity index (χ2n) is 17.7. The highest BCUT2D eigenvalue weighted by molar-refractivity contribution is 6.15. The molecule has 60 heavy (non-hydrogen) atoms. The molecular weight excluding hydrogens is 757 g/mol. The van der Waals surface area contributed by atoms with Crippen molar-refractivity contribution in [2.45, 2.75) is 117 Å². The Morgan fingerprint density at radius 2 is 0.983 bits per heavy atom. The fourth-order valence-electron chi connectivity index (χ4n) is 10.2. The monoisotopic (exact) mass is 812 g/mol. The summed E-state index contributed by atoms with van der Waals surface area (Å²) >= 11 is 0. The molecule has 2 fully saturated rings. The average molecular weight is 813 g/mol. The second kappa shape index (κ2) is 16.3. The largest absolute Gasteiger partial charge is 0.507 e. The number of benzene rings is 4. The first-order valence-corrected chi connectivity index (χ1v) is 21.4. The SMILES string of the molecule is Cc1cc2c(C(C)C)c(O)c(O)c(C=N[C@H]3CCC[C@@H]3Cc3ccco3)c2c(O)c1-c1c(C)cc2c(C(C)C)c(O)c(O)c(C=N[C@@H]3CCC[C@@H]3Cc3ccco3)c2c1O. The number of phenols is 6. The summed E-state index contributed by atoms with van der Waals surface area (Å²) < 4.78 is 11.3. The molecule has 10 heteroatoms. The zero-order valence-corrected chi connectivity index (χ0v) is 35.3. The minimum atomic E-state index is -0.377. The molecule has 8 rings (SSSR count). The molecule has 0 radical (unpaired) electrons. The Labute approximate surface area is 350 Å². The van der Waals surface area contributed by atoms with Gasteiger partial charge in [-0.05, 0) is 109 Å². The van der Waals surface area contributed by atoms with Gasteiger partial charge >= 0.3 is 0 Å². The van der Waals surface area contributed by atoms with Crippen LogP contribution >= 0.6 is 0 Å². The minimum Gasteiger partial charge on any atom is -0.507 e. The van der Waals surface area contributed by atoms with Gasteiger partial charge in [-0.15, -0.1) is 0 Å². The molecule has 314 valence electrons. The van der Waals surface area contributed by atoms with Crippen molar-refractivity contribution in [3.63, 3.8) is 0 Å². The van der Waals surface area contributed by atoms with Gasteiger partial charge in [0.2, 0.25) is 0 Å². The first-order chi connectivity index (χ1) is 28.8. The van der Waals surface area contributed by atoms with Crippen molar-refractivity contribution in [1.82, 2.24) is 0 Å². The highest BCUT2D eigenvalue weighted by atomic mass is 16.3. The number of hydrogen-bond donors (Lipinski definition) is 6. The van der Waals surface area contributed by atoms with Crippen LogP contribution < -0.4 is 0 Å². The standard InChI is InChI=1S/C50H56N2O8/c1-25(2)39-33-19-27(5)41(47(55)43(33)35(45(53)49(39)57)23-51-37-15-7-11-29(37)21-31-13-9-17-59-31)42-28(6)20-34-40(26(3)4)50(58)46(54)36(44(34)48(42)56)24-52-38-16-8-12-30(38)22-32-14-10-18-60-32/h9-10,13-14,17-20,23-26,29-30,37-38,53-58H,7-8,11-12,15-16,21-22H2,1-6H3/t29-,30-,37-,38+/m1/s1. The summed E-state index contributed by atoms with van der Waals surface area (Å²) in [5, 5.41) is 73.4. The van der Waals surface area contributed by atoms with Gasteiger partial charge in [-0.2, -0.15) is 0 Å². The van der Waals surface area contributed by atoms with Gasteiger partial charge in [-0.3, -0.25) is 9.98 Å². The smallest absolute Gasteiger partial charge is 0.167 e. The number of furan rings is 2. The van der Waals surface area contributed by atoms with Crippen LogP contribution in [0, 0.1) is 25.7 Å². The lowest BCUT2D eigenvalue weighted by atomic mass is 9.83. The van der Waals surface area contributed by atoms with Crippen molar-refractivity contribution in [3.05, 3.63) is 93.8 Å². The van der Waals surface area contributed by atoms with Crippen LogP contribution in [0.2, 0.25) is 0 Å². The molecule has 0 unspecified atom stereocenters. The zero-order valence-electron chi connectivity index (χ0n) is 35.3. The Balaban J connectivity index is 1.32. The van der Waals surface area contributed by atoms with Crippen LogP contribution in [0.15, 0.2) is 67.7 Å². The number of aromatic hydroxyl groups is 6. The number of aliphatic imine (C=N–C) groups is 2. The normalized spacial score (nSPS) is 19.8. The maximum absolute atomic E-state index is 12.6. The van der Waals surface area contributed by atoms with Crippen LogP contribution in [-0.2, 0) is 12.8 Å². The lowest BCUT2D eigenvalue weighted by Crippen LogP contribution is -2.14. The van der Waals surface area contributed by atoms with E-state index in [9.17, 15) is 30.6 Å². The lowest BCUT2D eigenvalue weighted by molar-refractivity contribution is 0.398. The van der Waals surface area contributed by atoms with Gasteiger partial charge < -0.3 is 39.5 Å². The van der Waals surface area contributed by atoms with E-state index in [2.05, 4.69) is 0 Å². The van der Waals surface area contributed by atoms with Crippen LogP contribution in [0.25, 0.3) is 32.7 Å². The molecule has 6 N–H and O–H groups in total. The first-order valence-electron chi connectivity index (χ1n) is 21.4. The number of rotatable bonds is 11.